The van der Waals surface area contributed by atoms with Crippen molar-refractivity contribution < 1.29 is 18.9 Å². The van der Waals surface area contributed by atoms with Crippen LogP contribution in [0.1, 0.15) is 24.0 Å². The van der Waals surface area contributed by atoms with E-state index < -0.39 is 0 Å². The number of hydrogen-bond acceptors (Lipinski definition) is 5. The molecule has 0 saturated carbocycles. The molecule has 0 bridgehead atoms. The van der Waals surface area contributed by atoms with Crippen LogP contribution in [-0.4, -0.2) is 45.5 Å². The van der Waals surface area contributed by atoms with Gasteiger partial charge in [-0.05, 0) is 36.1 Å². The fraction of sp³-hybridized carbons (Fsp3) is 0.455. The van der Waals surface area contributed by atoms with Gasteiger partial charge in [0.2, 0.25) is 5.75 Å². The number of rotatable bonds is 9. The lowest BCUT2D eigenvalue weighted by Gasteiger charge is -2.26. The second-order valence-corrected chi connectivity index (χ2v) is 6.82. The Balaban J connectivity index is 1.81. The third-order valence-corrected chi connectivity index (χ3v) is 4.87. The van der Waals surface area contributed by atoms with Crippen molar-refractivity contribution in [3.8, 4) is 17.2 Å². The summed E-state index contributed by atoms with van der Waals surface area (Å²) < 4.78 is 22.3. The minimum atomic E-state index is 0.302. The molecule has 1 heterocycles. The van der Waals surface area contributed by atoms with Crippen molar-refractivity contribution in [2.75, 3.05) is 34.5 Å². The van der Waals surface area contributed by atoms with Crippen LogP contribution in [-0.2, 0) is 17.8 Å². The van der Waals surface area contributed by atoms with E-state index in [4.69, 9.17) is 18.9 Å². The first-order chi connectivity index (χ1) is 13.2. The largest absolute Gasteiger partial charge is 0.493 e. The highest BCUT2D eigenvalue weighted by atomic mass is 16.5. The van der Waals surface area contributed by atoms with E-state index in [0.717, 1.165) is 44.6 Å². The second-order valence-electron chi connectivity index (χ2n) is 6.82. The highest BCUT2D eigenvalue weighted by molar-refractivity contribution is 5.53. The highest BCUT2D eigenvalue weighted by Gasteiger charge is 2.21. The Kier molecular flexibility index (Phi) is 6.96. The molecule has 0 amide bonds. The minimum absolute atomic E-state index is 0.302. The van der Waals surface area contributed by atoms with Gasteiger partial charge in [0.15, 0.2) is 11.5 Å². The summed E-state index contributed by atoms with van der Waals surface area (Å²) >= 11 is 0. The zero-order valence-electron chi connectivity index (χ0n) is 16.4. The SMILES string of the molecule is COc1cc(CN(Cc2ccccc2)C[C@@H]2CCCO2)cc(OC)c1OC. The summed E-state index contributed by atoms with van der Waals surface area (Å²) in [7, 11) is 4.92. The summed E-state index contributed by atoms with van der Waals surface area (Å²) in [6, 6.07) is 14.6. The third-order valence-electron chi connectivity index (χ3n) is 4.87. The van der Waals surface area contributed by atoms with Crippen molar-refractivity contribution in [1.29, 1.82) is 0 Å². The van der Waals surface area contributed by atoms with Gasteiger partial charge in [-0.2, -0.15) is 0 Å². The topological polar surface area (TPSA) is 40.2 Å². The van der Waals surface area contributed by atoms with Gasteiger partial charge in [0, 0.05) is 26.2 Å². The molecule has 2 aromatic rings. The molecule has 1 atom stereocenters. The van der Waals surface area contributed by atoms with Crippen molar-refractivity contribution in [2.24, 2.45) is 0 Å². The Morgan fingerprint density at radius 2 is 1.59 bits per heavy atom. The van der Waals surface area contributed by atoms with Gasteiger partial charge in [-0.15, -0.1) is 0 Å². The molecule has 1 saturated heterocycles. The van der Waals surface area contributed by atoms with E-state index in [1.807, 2.05) is 18.2 Å². The Morgan fingerprint density at radius 3 is 2.15 bits per heavy atom. The molecule has 1 aliphatic rings. The minimum Gasteiger partial charge on any atom is -0.493 e. The summed E-state index contributed by atoms with van der Waals surface area (Å²) in [4.78, 5) is 2.42. The Morgan fingerprint density at radius 1 is 0.926 bits per heavy atom. The zero-order chi connectivity index (χ0) is 19.1. The van der Waals surface area contributed by atoms with E-state index >= 15 is 0 Å². The van der Waals surface area contributed by atoms with Crippen molar-refractivity contribution in [2.45, 2.75) is 32.0 Å². The van der Waals surface area contributed by atoms with Crippen molar-refractivity contribution in [3.05, 3.63) is 53.6 Å². The molecule has 5 heteroatoms. The molecular weight excluding hydrogens is 342 g/mol. The molecule has 2 aromatic carbocycles. The molecule has 0 unspecified atom stereocenters. The molecule has 0 aromatic heterocycles. The van der Waals surface area contributed by atoms with Crippen molar-refractivity contribution in [3.63, 3.8) is 0 Å². The van der Waals surface area contributed by atoms with Gasteiger partial charge in [0.1, 0.15) is 0 Å². The highest BCUT2D eigenvalue weighted by Crippen LogP contribution is 2.38. The molecular formula is C22H29NO4. The van der Waals surface area contributed by atoms with Gasteiger partial charge < -0.3 is 18.9 Å². The van der Waals surface area contributed by atoms with Crippen molar-refractivity contribution in [1.82, 2.24) is 4.90 Å². The molecule has 5 nitrogen and oxygen atoms in total. The van der Waals surface area contributed by atoms with Crippen LogP contribution in [0.3, 0.4) is 0 Å². The average Bonchev–Trinajstić information content (AvgIpc) is 3.20. The molecule has 3 rings (SSSR count). The van der Waals surface area contributed by atoms with E-state index in [-0.39, 0.29) is 0 Å². The van der Waals surface area contributed by atoms with E-state index in [2.05, 4.69) is 29.2 Å². The maximum Gasteiger partial charge on any atom is 0.203 e. The maximum atomic E-state index is 5.87. The monoisotopic (exact) mass is 371 g/mol. The van der Waals surface area contributed by atoms with Gasteiger partial charge in [-0.25, -0.2) is 0 Å². The Labute approximate surface area is 161 Å². The molecule has 0 aliphatic carbocycles. The van der Waals surface area contributed by atoms with Crippen molar-refractivity contribution >= 4 is 0 Å². The van der Waals surface area contributed by atoms with Crippen LogP contribution >= 0.6 is 0 Å². The zero-order valence-corrected chi connectivity index (χ0v) is 16.4. The Hall–Kier alpha value is -2.24. The lowest BCUT2D eigenvalue weighted by Crippen LogP contribution is -2.31. The molecule has 0 radical (unpaired) electrons. The van der Waals surface area contributed by atoms with Crippen LogP contribution in [0.5, 0.6) is 17.2 Å². The average molecular weight is 371 g/mol. The number of nitrogens with zero attached hydrogens (tertiary/aromatic N) is 1. The van der Waals surface area contributed by atoms with Crippen LogP contribution in [0.25, 0.3) is 0 Å². The van der Waals surface area contributed by atoms with Crippen LogP contribution in [0.15, 0.2) is 42.5 Å². The standard InChI is InChI=1S/C22H29NO4/c1-24-20-12-18(13-21(25-2)22(20)26-3)15-23(16-19-10-7-11-27-19)14-17-8-5-4-6-9-17/h4-6,8-9,12-13,19H,7,10-11,14-16H2,1-3H3/t19-/m0/s1. The van der Waals surface area contributed by atoms with Crippen LogP contribution in [0.4, 0.5) is 0 Å². The summed E-state index contributed by atoms with van der Waals surface area (Å²) in [5, 5.41) is 0. The van der Waals surface area contributed by atoms with Gasteiger partial charge in [-0.3, -0.25) is 4.90 Å². The second kappa shape index (κ2) is 9.62. The number of hydrogen-bond donors (Lipinski definition) is 0. The first-order valence-corrected chi connectivity index (χ1v) is 9.40. The molecule has 1 fully saturated rings. The number of ether oxygens (including phenoxy) is 4. The van der Waals surface area contributed by atoms with E-state index in [9.17, 15) is 0 Å². The smallest absolute Gasteiger partial charge is 0.203 e. The van der Waals surface area contributed by atoms with Crippen LogP contribution < -0.4 is 14.2 Å². The first kappa shape index (κ1) is 19.5. The third kappa shape index (κ3) is 5.15. The molecule has 27 heavy (non-hydrogen) atoms. The predicted molar refractivity (Wildman–Crippen MR) is 106 cm³/mol. The Bertz CT molecular complexity index is 689. The molecule has 1 aliphatic heterocycles. The first-order valence-electron chi connectivity index (χ1n) is 9.40. The maximum absolute atomic E-state index is 5.87. The summed E-state index contributed by atoms with van der Waals surface area (Å²) in [6.07, 6.45) is 2.57. The summed E-state index contributed by atoms with van der Waals surface area (Å²) in [5.41, 5.74) is 2.42. The lowest BCUT2D eigenvalue weighted by molar-refractivity contribution is 0.0678. The fourth-order valence-electron chi connectivity index (χ4n) is 3.59. The summed E-state index contributed by atoms with van der Waals surface area (Å²) in [5.74, 6) is 1.99. The van der Waals surface area contributed by atoms with Gasteiger partial charge in [0.25, 0.3) is 0 Å². The molecule has 0 spiro atoms. The predicted octanol–water partition coefficient (Wildman–Crippen LogP) is 3.89. The van der Waals surface area contributed by atoms with Crippen LogP contribution in [0, 0.1) is 0 Å². The molecule has 146 valence electrons. The van der Waals surface area contributed by atoms with Gasteiger partial charge in [-0.1, -0.05) is 30.3 Å². The normalized spacial score (nSPS) is 16.5. The van der Waals surface area contributed by atoms with E-state index in [0.29, 0.717) is 23.4 Å². The fourth-order valence-corrected chi connectivity index (χ4v) is 3.59. The van der Waals surface area contributed by atoms with E-state index in [1.54, 1.807) is 21.3 Å². The molecule has 0 N–H and O–H groups in total. The van der Waals surface area contributed by atoms with Gasteiger partial charge >= 0.3 is 0 Å². The van der Waals surface area contributed by atoms with Crippen LogP contribution in [0.2, 0.25) is 0 Å². The van der Waals surface area contributed by atoms with E-state index in [1.165, 1.54) is 5.56 Å². The quantitative estimate of drug-likeness (QED) is 0.669. The summed E-state index contributed by atoms with van der Waals surface area (Å²) in [6.45, 7) is 3.43. The lowest BCUT2D eigenvalue weighted by atomic mass is 10.1. The van der Waals surface area contributed by atoms with Gasteiger partial charge in [0.05, 0.1) is 27.4 Å². The number of benzene rings is 2. The number of methoxy groups -OCH3 is 3.